The maximum absolute atomic E-state index is 2.46. The van der Waals surface area contributed by atoms with Gasteiger partial charge in [-0.2, -0.15) is 0 Å². The predicted molar refractivity (Wildman–Crippen MR) is 203 cm³/mol. The second kappa shape index (κ2) is 10.6. The Bertz CT molecular complexity index is 2750. The van der Waals surface area contributed by atoms with Crippen LogP contribution in [0.3, 0.4) is 0 Å². The highest BCUT2D eigenvalue weighted by atomic mass is 15.0. The van der Waals surface area contributed by atoms with Gasteiger partial charge in [0, 0.05) is 27.5 Å². The first-order valence-electron chi connectivity index (χ1n) is 16.5. The summed E-state index contributed by atoms with van der Waals surface area (Å²) in [4.78, 5) is 0. The van der Waals surface area contributed by atoms with Gasteiger partial charge in [-0.3, -0.25) is 0 Å². The summed E-state index contributed by atoms with van der Waals surface area (Å²) in [5, 5.41) is 8.78. The molecule has 0 aliphatic heterocycles. The SMILES string of the molecule is c1ccc(-c2cc3ccc4c5ccccc5n(-c5ccc(-c6c7ccccc7cc7ccccc67)cc5)c4c3n2-c2ccccc2)cc1. The Hall–Kier alpha value is -6.38. The lowest BCUT2D eigenvalue weighted by atomic mass is 9.92. The van der Waals surface area contributed by atoms with Crippen LogP contribution in [0.25, 0.3) is 88.0 Å². The summed E-state index contributed by atoms with van der Waals surface area (Å²) in [7, 11) is 0. The Morgan fingerprint density at radius 1 is 0.312 bits per heavy atom. The summed E-state index contributed by atoms with van der Waals surface area (Å²) in [5.74, 6) is 0. The summed E-state index contributed by atoms with van der Waals surface area (Å²) in [6.07, 6.45) is 0. The van der Waals surface area contributed by atoms with Crippen molar-refractivity contribution in [3.63, 3.8) is 0 Å². The molecular formula is C46H30N2. The average molecular weight is 611 g/mol. The van der Waals surface area contributed by atoms with Crippen molar-refractivity contribution in [3.05, 3.63) is 182 Å². The number of aromatic nitrogens is 2. The van der Waals surface area contributed by atoms with Gasteiger partial charge in [0.25, 0.3) is 0 Å². The van der Waals surface area contributed by atoms with E-state index >= 15 is 0 Å². The van der Waals surface area contributed by atoms with Crippen LogP contribution in [0.15, 0.2) is 182 Å². The van der Waals surface area contributed by atoms with E-state index in [0.717, 1.165) is 11.4 Å². The highest BCUT2D eigenvalue weighted by Crippen LogP contribution is 2.42. The smallest absolute Gasteiger partial charge is 0.0788 e. The molecule has 0 unspecified atom stereocenters. The van der Waals surface area contributed by atoms with E-state index in [9.17, 15) is 0 Å². The Morgan fingerprint density at radius 3 is 1.60 bits per heavy atom. The summed E-state index contributed by atoms with van der Waals surface area (Å²) in [6, 6.07) is 66.2. The molecule has 0 saturated carbocycles. The predicted octanol–water partition coefficient (Wildman–Crippen LogP) is 12.4. The van der Waals surface area contributed by atoms with E-state index in [-0.39, 0.29) is 0 Å². The van der Waals surface area contributed by atoms with Crippen LogP contribution in [0.2, 0.25) is 0 Å². The van der Waals surface area contributed by atoms with Gasteiger partial charge in [-0.15, -0.1) is 0 Å². The van der Waals surface area contributed by atoms with E-state index in [0.29, 0.717) is 0 Å². The molecule has 48 heavy (non-hydrogen) atoms. The Labute approximate surface area is 278 Å². The maximum atomic E-state index is 2.46. The van der Waals surface area contributed by atoms with E-state index < -0.39 is 0 Å². The lowest BCUT2D eigenvalue weighted by Crippen LogP contribution is -2.00. The molecule has 2 heteroatoms. The molecule has 0 atom stereocenters. The van der Waals surface area contributed by atoms with Crippen LogP contribution in [-0.2, 0) is 0 Å². The quantitative estimate of drug-likeness (QED) is 0.175. The highest BCUT2D eigenvalue weighted by molar-refractivity contribution is 6.19. The third-order valence-electron chi connectivity index (χ3n) is 9.87. The number of nitrogens with zero attached hydrogens (tertiary/aromatic N) is 2. The van der Waals surface area contributed by atoms with E-state index in [1.54, 1.807) is 0 Å². The zero-order valence-corrected chi connectivity index (χ0v) is 26.2. The molecular weight excluding hydrogens is 581 g/mol. The minimum Gasteiger partial charge on any atom is -0.307 e. The molecule has 0 amide bonds. The van der Waals surface area contributed by atoms with Crippen LogP contribution >= 0.6 is 0 Å². The third-order valence-corrected chi connectivity index (χ3v) is 9.87. The molecule has 0 N–H and O–H groups in total. The van der Waals surface area contributed by atoms with Gasteiger partial charge in [0.15, 0.2) is 0 Å². The van der Waals surface area contributed by atoms with Crippen molar-refractivity contribution in [1.29, 1.82) is 0 Å². The molecule has 0 saturated heterocycles. The fourth-order valence-electron chi connectivity index (χ4n) is 7.78. The van der Waals surface area contributed by atoms with Crippen LogP contribution in [0.1, 0.15) is 0 Å². The molecule has 0 aliphatic carbocycles. The van der Waals surface area contributed by atoms with Gasteiger partial charge in [0.2, 0.25) is 0 Å². The van der Waals surface area contributed by atoms with Crippen molar-refractivity contribution < 1.29 is 0 Å². The van der Waals surface area contributed by atoms with E-state index in [4.69, 9.17) is 0 Å². The summed E-state index contributed by atoms with van der Waals surface area (Å²) in [6.45, 7) is 0. The molecule has 8 aromatic carbocycles. The van der Waals surface area contributed by atoms with Crippen molar-refractivity contribution in [2.75, 3.05) is 0 Å². The first-order valence-corrected chi connectivity index (χ1v) is 16.5. The molecule has 0 spiro atoms. The lowest BCUT2D eigenvalue weighted by molar-refractivity contribution is 1.12. The van der Waals surface area contributed by atoms with Gasteiger partial charge in [0.05, 0.1) is 22.2 Å². The normalized spacial score (nSPS) is 11.8. The molecule has 10 aromatic rings. The molecule has 0 radical (unpaired) electrons. The number of rotatable bonds is 4. The minimum atomic E-state index is 1.14. The molecule has 2 heterocycles. The first-order chi connectivity index (χ1) is 23.8. The van der Waals surface area contributed by atoms with Crippen molar-refractivity contribution in [3.8, 4) is 33.8 Å². The number of benzene rings is 8. The number of fused-ring (bicyclic) bond motifs is 7. The fourth-order valence-corrected chi connectivity index (χ4v) is 7.78. The zero-order chi connectivity index (χ0) is 31.6. The van der Waals surface area contributed by atoms with E-state index in [2.05, 4.69) is 191 Å². The van der Waals surface area contributed by atoms with Gasteiger partial charge in [0.1, 0.15) is 0 Å². The van der Waals surface area contributed by atoms with Crippen LogP contribution in [0, 0.1) is 0 Å². The second-order valence-corrected chi connectivity index (χ2v) is 12.6. The molecule has 2 nitrogen and oxygen atoms in total. The summed E-state index contributed by atoms with van der Waals surface area (Å²) < 4.78 is 4.91. The van der Waals surface area contributed by atoms with E-state index in [1.807, 2.05) is 0 Å². The van der Waals surface area contributed by atoms with Crippen LogP contribution in [0.4, 0.5) is 0 Å². The van der Waals surface area contributed by atoms with Crippen molar-refractivity contribution in [2.24, 2.45) is 0 Å². The zero-order valence-electron chi connectivity index (χ0n) is 26.2. The highest BCUT2D eigenvalue weighted by Gasteiger charge is 2.21. The average Bonchev–Trinajstić information content (AvgIpc) is 3.71. The van der Waals surface area contributed by atoms with Crippen LogP contribution in [-0.4, -0.2) is 9.13 Å². The molecule has 2 aromatic heterocycles. The van der Waals surface area contributed by atoms with Crippen molar-refractivity contribution in [1.82, 2.24) is 9.13 Å². The molecule has 10 rings (SSSR count). The van der Waals surface area contributed by atoms with Gasteiger partial charge in [-0.1, -0.05) is 140 Å². The Balaban J connectivity index is 1.27. The molecule has 0 aliphatic rings. The summed E-state index contributed by atoms with van der Waals surface area (Å²) >= 11 is 0. The largest absolute Gasteiger partial charge is 0.307 e. The maximum Gasteiger partial charge on any atom is 0.0788 e. The first kappa shape index (κ1) is 26.8. The van der Waals surface area contributed by atoms with Gasteiger partial charge in [-0.05, 0) is 80.7 Å². The van der Waals surface area contributed by atoms with E-state index in [1.165, 1.54) is 76.6 Å². The summed E-state index contributed by atoms with van der Waals surface area (Å²) in [5.41, 5.74) is 10.8. The minimum absolute atomic E-state index is 1.14. The monoisotopic (exact) mass is 610 g/mol. The number of hydrogen-bond acceptors (Lipinski definition) is 0. The molecule has 0 bridgehead atoms. The molecule has 0 fully saturated rings. The lowest BCUT2D eigenvalue weighted by Gasteiger charge is -2.15. The fraction of sp³-hybridized carbons (Fsp3) is 0. The van der Waals surface area contributed by atoms with Crippen molar-refractivity contribution >= 4 is 54.3 Å². The number of hydrogen-bond donors (Lipinski definition) is 0. The van der Waals surface area contributed by atoms with Gasteiger partial charge >= 0.3 is 0 Å². The van der Waals surface area contributed by atoms with Crippen LogP contribution in [0.5, 0.6) is 0 Å². The van der Waals surface area contributed by atoms with Crippen LogP contribution < -0.4 is 0 Å². The second-order valence-electron chi connectivity index (χ2n) is 12.6. The van der Waals surface area contributed by atoms with Gasteiger partial charge < -0.3 is 9.13 Å². The van der Waals surface area contributed by atoms with Gasteiger partial charge in [-0.25, -0.2) is 0 Å². The Kier molecular flexibility index (Phi) is 5.91. The topological polar surface area (TPSA) is 9.86 Å². The van der Waals surface area contributed by atoms with Crippen molar-refractivity contribution in [2.45, 2.75) is 0 Å². The Morgan fingerprint density at radius 2 is 0.896 bits per heavy atom. The molecule has 224 valence electrons. The standard InChI is InChI=1S/C46H30N2/c1-3-13-31(14-4-1)43-30-35-25-28-41-40-21-11-12-22-42(40)47(46(41)45(35)48(43)36-17-5-2-6-18-36)37-26-23-32(24-27-37)44-38-19-9-7-15-33(38)29-34-16-8-10-20-39(34)44/h1-30H. The third kappa shape index (κ3) is 4.00. The number of para-hydroxylation sites is 2.